The minimum absolute atomic E-state index is 0.195. The maximum atomic E-state index is 14.7. The third-order valence-corrected chi connectivity index (χ3v) is 8.16. The average molecular weight is 565 g/mol. The van der Waals surface area contributed by atoms with E-state index in [9.17, 15) is 14.7 Å². The summed E-state index contributed by atoms with van der Waals surface area (Å²) in [6.07, 6.45) is 2.16. The number of aliphatic hydroxyl groups excluding tert-OH is 1. The summed E-state index contributed by atoms with van der Waals surface area (Å²) in [4.78, 5) is 35.1. The molecule has 1 N–H and O–H groups in total. The van der Waals surface area contributed by atoms with Crippen LogP contribution in [0.5, 0.6) is 5.75 Å². The minimum Gasteiger partial charge on any atom is -0.496 e. The van der Waals surface area contributed by atoms with Gasteiger partial charge in [-0.25, -0.2) is 9.78 Å². The van der Waals surface area contributed by atoms with Gasteiger partial charge in [-0.15, -0.1) is 11.3 Å². The fraction of sp³-hybridized carbons (Fsp3) is 0.469. The molecule has 0 spiro atoms. The number of ether oxygens (including phenoxy) is 2. The van der Waals surface area contributed by atoms with E-state index in [0.717, 1.165) is 11.1 Å². The lowest BCUT2D eigenvalue weighted by Gasteiger charge is -2.40. The van der Waals surface area contributed by atoms with Crippen molar-refractivity contribution in [3.05, 3.63) is 81.8 Å². The van der Waals surface area contributed by atoms with Gasteiger partial charge in [-0.05, 0) is 55.9 Å². The smallest absolute Gasteiger partial charge is 0.332 e. The first-order valence-corrected chi connectivity index (χ1v) is 14.5. The molecule has 1 aliphatic rings. The van der Waals surface area contributed by atoms with Gasteiger partial charge in [0, 0.05) is 36.1 Å². The third kappa shape index (κ3) is 5.93. The zero-order chi connectivity index (χ0) is 29.3. The van der Waals surface area contributed by atoms with Crippen LogP contribution in [0.15, 0.2) is 60.1 Å². The van der Waals surface area contributed by atoms with E-state index in [1.807, 2.05) is 62.5 Å². The first kappa shape index (κ1) is 29.7. The van der Waals surface area contributed by atoms with Crippen LogP contribution in [0, 0.1) is 5.92 Å². The normalized spacial score (nSPS) is 21.4. The number of aromatic nitrogens is 1. The highest BCUT2D eigenvalue weighted by molar-refractivity contribution is 7.09. The number of amides is 1. The molecule has 8 heteroatoms. The number of carbonyl (C=O) groups is 2. The Morgan fingerprint density at radius 1 is 1.10 bits per heavy atom. The average Bonchev–Trinajstić information content (AvgIpc) is 3.53. The summed E-state index contributed by atoms with van der Waals surface area (Å²) < 4.78 is 11.7. The Morgan fingerprint density at radius 2 is 1.80 bits per heavy atom. The van der Waals surface area contributed by atoms with Crippen LogP contribution in [0.2, 0.25) is 0 Å². The maximum absolute atomic E-state index is 14.7. The fourth-order valence-corrected chi connectivity index (χ4v) is 6.42. The molecule has 40 heavy (non-hydrogen) atoms. The van der Waals surface area contributed by atoms with Crippen LogP contribution in [0.25, 0.3) is 0 Å². The summed E-state index contributed by atoms with van der Waals surface area (Å²) in [7, 11) is 1.59. The number of rotatable bonds is 7. The zero-order valence-electron chi connectivity index (χ0n) is 24.4. The molecule has 3 atom stereocenters. The fourth-order valence-electron chi connectivity index (χ4n) is 5.60. The van der Waals surface area contributed by atoms with Crippen molar-refractivity contribution in [2.24, 2.45) is 5.92 Å². The second-order valence-electron chi connectivity index (χ2n) is 12.5. The molecule has 0 unspecified atom stereocenters. The summed E-state index contributed by atoms with van der Waals surface area (Å²) in [5, 5.41) is 13.1. The van der Waals surface area contributed by atoms with Crippen molar-refractivity contribution in [2.75, 3.05) is 13.7 Å². The van der Waals surface area contributed by atoms with Crippen molar-refractivity contribution >= 4 is 23.2 Å². The van der Waals surface area contributed by atoms with Gasteiger partial charge in [0.15, 0.2) is 0 Å². The molecular formula is C32H40N2O5S. The van der Waals surface area contributed by atoms with E-state index in [0.29, 0.717) is 16.3 Å². The first-order chi connectivity index (χ1) is 18.8. The van der Waals surface area contributed by atoms with Crippen LogP contribution in [0.3, 0.4) is 0 Å². The SMILES string of the molecule is COc1cc(C(=O)N2[C@@H](c3nccs3)[C@@H](CO)C[C@@]2(Cc2ccccc2)C(=O)OC(C)(C)C)ccc1C(C)(C)C. The molecule has 0 radical (unpaired) electrons. The van der Waals surface area contributed by atoms with E-state index in [1.165, 1.54) is 11.3 Å². The molecule has 2 aromatic carbocycles. The highest BCUT2D eigenvalue weighted by atomic mass is 32.1. The zero-order valence-corrected chi connectivity index (χ0v) is 25.2. The number of thiazole rings is 1. The number of hydrogen-bond donors (Lipinski definition) is 1. The molecular weight excluding hydrogens is 524 g/mol. The van der Waals surface area contributed by atoms with E-state index in [2.05, 4.69) is 25.8 Å². The number of benzene rings is 2. The van der Waals surface area contributed by atoms with Crippen molar-refractivity contribution in [3.8, 4) is 5.75 Å². The van der Waals surface area contributed by atoms with Gasteiger partial charge in [-0.1, -0.05) is 57.2 Å². The van der Waals surface area contributed by atoms with Crippen LogP contribution in [-0.2, 0) is 21.4 Å². The van der Waals surface area contributed by atoms with Gasteiger partial charge >= 0.3 is 5.97 Å². The molecule has 1 aromatic heterocycles. The Balaban J connectivity index is 1.94. The molecule has 214 valence electrons. The largest absolute Gasteiger partial charge is 0.496 e. The Kier molecular flexibility index (Phi) is 8.43. The Labute approximate surface area is 241 Å². The van der Waals surface area contributed by atoms with Gasteiger partial charge in [0.1, 0.15) is 21.9 Å². The summed E-state index contributed by atoms with van der Waals surface area (Å²) >= 11 is 1.41. The standard InChI is InChI=1S/C32H40N2O5S/c1-30(2,3)24-14-13-22(17-25(24)38-7)28(36)34-26(27-33-15-16-40-27)23(20-35)19-32(34,29(37)39-31(4,5)6)18-21-11-9-8-10-12-21/h8-17,23,26,35H,18-20H2,1-7H3/t23-,26-,32+/m1/s1. The highest BCUT2D eigenvalue weighted by Crippen LogP contribution is 2.50. The predicted molar refractivity (Wildman–Crippen MR) is 157 cm³/mol. The summed E-state index contributed by atoms with van der Waals surface area (Å²) in [6.45, 7) is 11.5. The number of esters is 1. The monoisotopic (exact) mass is 564 g/mol. The van der Waals surface area contributed by atoms with Crippen molar-refractivity contribution in [3.63, 3.8) is 0 Å². The topological polar surface area (TPSA) is 89.0 Å². The van der Waals surface area contributed by atoms with Gasteiger partial charge < -0.3 is 19.5 Å². The van der Waals surface area contributed by atoms with Crippen LogP contribution >= 0.6 is 11.3 Å². The molecule has 2 heterocycles. The van der Waals surface area contributed by atoms with E-state index in [1.54, 1.807) is 30.3 Å². The molecule has 0 bridgehead atoms. The van der Waals surface area contributed by atoms with Gasteiger partial charge in [-0.2, -0.15) is 0 Å². The lowest BCUT2D eigenvalue weighted by molar-refractivity contribution is -0.167. The van der Waals surface area contributed by atoms with Crippen molar-refractivity contribution in [1.29, 1.82) is 0 Å². The second kappa shape index (κ2) is 11.3. The molecule has 3 aromatic rings. The van der Waals surface area contributed by atoms with Gasteiger partial charge in [0.25, 0.3) is 5.91 Å². The summed E-state index contributed by atoms with van der Waals surface area (Å²) in [5.41, 5.74) is -0.0823. The molecule has 1 aliphatic heterocycles. The van der Waals surface area contributed by atoms with E-state index in [4.69, 9.17) is 9.47 Å². The van der Waals surface area contributed by atoms with Crippen LogP contribution in [-0.4, -0.2) is 51.7 Å². The van der Waals surface area contributed by atoms with Crippen molar-refractivity contribution in [2.45, 2.75) is 77.0 Å². The quantitative estimate of drug-likeness (QED) is 0.356. The maximum Gasteiger partial charge on any atom is 0.332 e. The van der Waals surface area contributed by atoms with E-state index in [-0.39, 0.29) is 30.8 Å². The molecule has 1 fully saturated rings. The number of aliphatic hydroxyl groups is 1. The Morgan fingerprint density at radius 3 is 2.35 bits per heavy atom. The van der Waals surface area contributed by atoms with Gasteiger partial charge in [-0.3, -0.25) is 4.79 Å². The van der Waals surface area contributed by atoms with Crippen LogP contribution in [0.1, 0.15) is 80.5 Å². The molecule has 1 amide bonds. The molecule has 0 saturated carbocycles. The molecule has 7 nitrogen and oxygen atoms in total. The lowest BCUT2D eigenvalue weighted by atomic mass is 9.84. The molecule has 4 rings (SSSR count). The lowest BCUT2D eigenvalue weighted by Crippen LogP contribution is -2.57. The number of methoxy groups -OCH3 is 1. The Bertz CT molecular complexity index is 1330. The summed E-state index contributed by atoms with van der Waals surface area (Å²) in [6, 6.07) is 14.5. The second-order valence-corrected chi connectivity index (χ2v) is 13.4. The van der Waals surface area contributed by atoms with Gasteiger partial charge in [0.2, 0.25) is 0 Å². The number of carbonyl (C=O) groups excluding carboxylic acids is 2. The van der Waals surface area contributed by atoms with Crippen molar-refractivity contribution < 1.29 is 24.2 Å². The molecule has 0 aliphatic carbocycles. The van der Waals surface area contributed by atoms with E-state index >= 15 is 0 Å². The highest BCUT2D eigenvalue weighted by Gasteiger charge is 2.60. The van der Waals surface area contributed by atoms with Crippen LogP contribution < -0.4 is 4.74 Å². The predicted octanol–water partition coefficient (Wildman–Crippen LogP) is 5.97. The molecule has 1 saturated heterocycles. The number of nitrogens with zero attached hydrogens (tertiary/aromatic N) is 2. The number of hydrogen-bond acceptors (Lipinski definition) is 7. The minimum atomic E-state index is -1.37. The first-order valence-electron chi connectivity index (χ1n) is 13.6. The van der Waals surface area contributed by atoms with Gasteiger partial charge in [0.05, 0.1) is 13.2 Å². The summed E-state index contributed by atoms with van der Waals surface area (Å²) in [5.74, 6) is -0.639. The third-order valence-electron chi connectivity index (χ3n) is 7.32. The van der Waals surface area contributed by atoms with E-state index < -0.39 is 29.1 Å². The van der Waals surface area contributed by atoms with Crippen molar-refractivity contribution in [1.82, 2.24) is 9.88 Å². The Hall–Kier alpha value is -3.23. The van der Waals surface area contributed by atoms with Crippen LogP contribution in [0.4, 0.5) is 0 Å². The number of likely N-dealkylation sites (tertiary alicyclic amines) is 1.